The van der Waals surface area contributed by atoms with Gasteiger partial charge in [-0.05, 0) is 36.7 Å². The van der Waals surface area contributed by atoms with E-state index in [1.165, 1.54) is 6.20 Å². The van der Waals surface area contributed by atoms with Crippen LogP contribution in [0, 0.1) is 6.85 Å². The number of rotatable bonds is 0. The Morgan fingerprint density at radius 3 is 3.17 bits per heavy atom. The van der Waals surface area contributed by atoms with Gasteiger partial charge in [-0.25, -0.2) is 0 Å². The van der Waals surface area contributed by atoms with Crippen LogP contribution in [-0.2, 0) is 0 Å². The molecule has 0 bridgehead atoms. The summed E-state index contributed by atoms with van der Waals surface area (Å²) in [5.74, 6) is 0. The van der Waals surface area contributed by atoms with Crippen molar-refractivity contribution in [2.75, 3.05) is 0 Å². The average Bonchev–Trinajstić information content (AvgIpc) is 2.15. The second kappa shape index (κ2) is 2.87. The number of hydrogen-bond acceptors (Lipinski definition) is 1. The van der Waals surface area contributed by atoms with Crippen LogP contribution >= 0.6 is 15.9 Å². The van der Waals surface area contributed by atoms with Crippen molar-refractivity contribution in [2.24, 2.45) is 0 Å². The van der Waals surface area contributed by atoms with Crippen LogP contribution in [0.1, 0.15) is 9.68 Å². The fourth-order valence-corrected chi connectivity index (χ4v) is 1.48. The first-order valence-corrected chi connectivity index (χ1v) is 4.32. The third kappa shape index (κ3) is 1.34. The van der Waals surface area contributed by atoms with Crippen LogP contribution in [0.15, 0.2) is 34.9 Å². The van der Waals surface area contributed by atoms with Crippen molar-refractivity contribution in [1.82, 2.24) is 4.98 Å². The SMILES string of the molecule is [2H]C([2H])([2H])c1cnc2ccc(Br)cc2c1. The first-order valence-electron chi connectivity index (χ1n) is 5.02. The summed E-state index contributed by atoms with van der Waals surface area (Å²) in [6.07, 6.45) is 1.41. The number of halogens is 1. The fraction of sp³-hybridized carbons (Fsp3) is 0.100. The molecule has 1 aromatic heterocycles. The van der Waals surface area contributed by atoms with E-state index in [2.05, 4.69) is 20.9 Å². The van der Waals surface area contributed by atoms with Crippen molar-refractivity contribution < 1.29 is 4.11 Å². The van der Waals surface area contributed by atoms with E-state index in [0.717, 1.165) is 15.4 Å². The Balaban J connectivity index is 2.64. The fourth-order valence-electron chi connectivity index (χ4n) is 1.10. The van der Waals surface area contributed by atoms with Gasteiger partial charge in [-0.3, -0.25) is 4.98 Å². The summed E-state index contributed by atoms with van der Waals surface area (Å²) < 4.78 is 22.8. The van der Waals surface area contributed by atoms with Gasteiger partial charge in [0.1, 0.15) is 0 Å². The second-order valence-electron chi connectivity index (χ2n) is 2.56. The van der Waals surface area contributed by atoms with Gasteiger partial charge in [0.25, 0.3) is 0 Å². The predicted octanol–water partition coefficient (Wildman–Crippen LogP) is 3.31. The normalized spacial score (nSPS) is 15.2. The Kier molecular flexibility index (Phi) is 1.19. The molecule has 2 rings (SSSR count). The van der Waals surface area contributed by atoms with Gasteiger partial charge in [0, 0.05) is 20.2 Å². The number of pyridine rings is 1. The maximum atomic E-state index is 7.28. The molecule has 0 saturated heterocycles. The van der Waals surface area contributed by atoms with Crippen molar-refractivity contribution in [2.45, 2.75) is 6.85 Å². The van der Waals surface area contributed by atoms with Crippen molar-refractivity contribution in [3.8, 4) is 0 Å². The van der Waals surface area contributed by atoms with Gasteiger partial charge < -0.3 is 0 Å². The number of aryl methyl sites for hydroxylation is 1. The van der Waals surface area contributed by atoms with Crippen LogP contribution < -0.4 is 0 Å². The molecule has 0 aliphatic rings. The van der Waals surface area contributed by atoms with Crippen molar-refractivity contribution >= 4 is 26.8 Å². The summed E-state index contributed by atoms with van der Waals surface area (Å²) in [6.45, 7) is -2.09. The Morgan fingerprint density at radius 2 is 2.33 bits per heavy atom. The van der Waals surface area contributed by atoms with Crippen molar-refractivity contribution in [3.05, 3.63) is 40.5 Å². The monoisotopic (exact) mass is 224 g/mol. The number of nitrogens with zero attached hydrogens (tertiary/aromatic N) is 1. The van der Waals surface area contributed by atoms with Gasteiger partial charge in [-0.1, -0.05) is 15.9 Å². The molecule has 0 radical (unpaired) electrons. The van der Waals surface area contributed by atoms with Crippen LogP contribution in [-0.4, -0.2) is 4.98 Å². The van der Waals surface area contributed by atoms with Gasteiger partial charge in [-0.2, -0.15) is 0 Å². The van der Waals surface area contributed by atoms with Gasteiger partial charge in [0.2, 0.25) is 0 Å². The molecule has 60 valence electrons. The van der Waals surface area contributed by atoms with Crippen LogP contribution in [0.2, 0.25) is 0 Å². The van der Waals surface area contributed by atoms with E-state index in [1.54, 1.807) is 6.07 Å². The van der Waals surface area contributed by atoms with Crippen molar-refractivity contribution in [3.63, 3.8) is 0 Å². The maximum absolute atomic E-state index is 7.28. The molecule has 12 heavy (non-hydrogen) atoms. The molecule has 2 aromatic rings. The summed E-state index contributed by atoms with van der Waals surface area (Å²) in [7, 11) is 0. The highest BCUT2D eigenvalue weighted by Gasteiger charge is 1.94. The summed E-state index contributed by atoms with van der Waals surface area (Å²) in [5, 5.41) is 0.831. The Morgan fingerprint density at radius 1 is 1.42 bits per heavy atom. The Hall–Kier alpha value is -0.890. The molecule has 0 saturated carbocycles. The largest absolute Gasteiger partial charge is 0.256 e. The quantitative estimate of drug-likeness (QED) is 0.670. The minimum atomic E-state index is -2.09. The van der Waals surface area contributed by atoms with E-state index in [9.17, 15) is 0 Å². The smallest absolute Gasteiger partial charge is 0.0702 e. The van der Waals surface area contributed by atoms with E-state index in [-0.39, 0.29) is 5.56 Å². The topological polar surface area (TPSA) is 12.9 Å². The highest BCUT2D eigenvalue weighted by molar-refractivity contribution is 9.10. The Bertz CT molecular complexity index is 507. The van der Waals surface area contributed by atoms with Gasteiger partial charge in [0.05, 0.1) is 5.52 Å². The lowest BCUT2D eigenvalue weighted by molar-refractivity contribution is 1.33. The van der Waals surface area contributed by atoms with Crippen molar-refractivity contribution in [1.29, 1.82) is 0 Å². The van der Waals surface area contributed by atoms with E-state index >= 15 is 0 Å². The molecule has 0 aliphatic heterocycles. The molecule has 0 unspecified atom stereocenters. The molecule has 0 fully saturated rings. The molecule has 0 spiro atoms. The van der Waals surface area contributed by atoms with E-state index < -0.39 is 6.85 Å². The number of hydrogen-bond donors (Lipinski definition) is 0. The molecule has 1 aromatic carbocycles. The molecular formula is C10H8BrN. The zero-order valence-corrected chi connectivity index (χ0v) is 7.80. The standard InChI is InChI=1S/C10H8BrN/c1-7-4-8-5-9(11)2-3-10(8)12-6-7/h2-6H,1H3/i1D3. The first kappa shape index (κ1) is 4.97. The van der Waals surface area contributed by atoms with Crippen LogP contribution in [0.4, 0.5) is 0 Å². The molecule has 1 heterocycles. The van der Waals surface area contributed by atoms with Crippen LogP contribution in [0.25, 0.3) is 10.9 Å². The molecule has 0 amide bonds. The number of aromatic nitrogens is 1. The lowest BCUT2D eigenvalue weighted by Crippen LogP contribution is -1.80. The molecule has 0 aliphatic carbocycles. The van der Waals surface area contributed by atoms with Gasteiger partial charge in [-0.15, -0.1) is 0 Å². The predicted molar refractivity (Wildman–Crippen MR) is 54.2 cm³/mol. The highest BCUT2D eigenvalue weighted by atomic mass is 79.9. The summed E-state index contributed by atoms with van der Waals surface area (Å²) >= 11 is 3.34. The number of fused-ring (bicyclic) bond motifs is 1. The second-order valence-corrected chi connectivity index (χ2v) is 3.48. The van der Waals surface area contributed by atoms with Gasteiger partial charge in [0.15, 0.2) is 0 Å². The third-order valence-corrected chi connectivity index (χ3v) is 2.14. The summed E-state index contributed by atoms with van der Waals surface area (Å²) in [5.41, 5.74) is 1.07. The minimum absolute atomic E-state index is 0.271. The minimum Gasteiger partial charge on any atom is -0.256 e. The molecular weight excluding hydrogens is 214 g/mol. The maximum Gasteiger partial charge on any atom is 0.0702 e. The molecule has 0 N–H and O–H groups in total. The zero-order valence-electron chi connectivity index (χ0n) is 9.21. The lowest BCUT2D eigenvalue weighted by Gasteiger charge is -1.98. The van der Waals surface area contributed by atoms with E-state index in [1.807, 2.05) is 18.2 Å². The highest BCUT2D eigenvalue weighted by Crippen LogP contribution is 2.18. The first-order chi connectivity index (χ1) is 6.97. The number of benzene rings is 1. The lowest BCUT2D eigenvalue weighted by atomic mass is 10.2. The van der Waals surface area contributed by atoms with Crippen LogP contribution in [0.5, 0.6) is 0 Å². The summed E-state index contributed by atoms with van der Waals surface area (Å²) in [6, 6.07) is 7.24. The summed E-state index contributed by atoms with van der Waals surface area (Å²) in [4.78, 5) is 4.11. The zero-order chi connectivity index (χ0) is 11.1. The molecule has 1 nitrogen and oxygen atoms in total. The third-order valence-electron chi connectivity index (χ3n) is 1.64. The molecule has 0 atom stereocenters. The van der Waals surface area contributed by atoms with Gasteiger partial charge >= 0.3 is 0 Å². The Labute approximate surface area is 83.8 Å². The van der Waals surface area contributed by atoms with Crippen LogP contribution in [0.3, 0.4) is 0 Å². The van der Waals surface area contributed by atoms with E-state index in [4.69, 9.17) is 4.11 Å². The molecule has 2 heteroatoms. The average molecular weight is 225 g/mol. The van der Waals surface area contributed by atoms with E-state index in [0.29, 0.717) is 0 Å².